The molecule has 1 N–H and O–H groups in total. The van der Waals surface area contributed by atoms with E-state index in [1.165, 1.54) is 19.1 Å². The highest BCUT2D eigenvalue weighted by Crippen LogP contribution is 2.12. The van der Waals surface area contributed by atoms with E-state index in [2.05, 4.69) is 51.5 Å². The van der Waals surface area contributed by atoms with E-state index in [0.29, 0.717) is 0 Å². The molecule has 0 aromatic heterocycles. The summed E-state index contributed by atoms with van der Waals surface area (Å²) in [5.41, 5.74) is -0.355. The van der Waals surface area contributed by atoms with E-state index in [1.807, 2.05) is 13.8 Å². The summed E-state index contributed by atoms with van der Waals surface area (Å²) in [4.78, 5) is 0. The molecule has 0 aromatic carbocycles. The minimum absolute atomic E-state index is 0. The molecule has 20 heavy (non-hydrogen) atoms. The van der Waals surface area contributed by atoms with Gasteiger partial charge in [0.1, 0.15) is 0 Å². The lowest BCUT2D eigenvalue weighted by molar-refractivity contribution is 0.427. The molecular formula is C16H39NO2S. The number of sulfonamides is 1. The van der Waals surface area contributed by atoms with Gasteiger partial charge in [0.05, 0.1) is 6.26 Å². The zero-order chi connectivity index (χ0) is 16.7. The summed E-state index contributed by atoms with van der Waals surface area (Å²) in [5.74, 6) is 0. The lowest BCUT2D eigenvalue weighted by Crippen LogP contribution is -2.42. The van der Waals surface area contributed by atoms with Gasteiger partial charge in [0.25, 0.3) is 0 Å². The van der Waals surface area contributed by atoms with Gasteiger partial charge in [0, 0.05) is 6.97 Å². The summed E-state index contributed by atoms with van der Waals surface area (Å²) in [5, 5.41) is 0. The highest BCUT2D eigenvalue weighted by Gasteiger charge is 2.20. The van der Waals surface area contributed by atoms with E-state index >= 15 is 0 Å². The van der Waals surface area contributed by atoms with Crippen LogP contribution in [0, 0.1) is 0 Å². The maximum absolute atomic E-state index is 11.0. The van der Waals surface area contributed by atoms with Crippen LogP contribution in [-0.4, -0.2) is 20.2 Å². The summed E-state index contributed by atoms with van der Waals surface area (Å²) in [6.45, 7) is 14.4. The second-order valence-electron chi connectivity index (χ2n) is 5.59. The predicted molar refractivity (Wildman–Crippen MR) is 94.8 cm³/mol. The first-order valence-electron chi connectivity index (χ1n) is 7.73. The van der Waals surface area contributed by atoms with Crippen molar-refractivity contribution in [2.24, 2.45) is 0 Å². The Hall–Kier alpha value is -0.350. The first-order chi connectivity index (χ1) is 9.10. The predicted octanol–water partition coefficient (Wildman–Crippen LogP) is 5.14. The molecule has 0 saturated heterocycles. The quantitative estimate of drug-likeness (QED) is 0.691. The summed E-state index contributed by atoms with van der Waals surface area (Å²) < 4.78 is 24.6. The van der Waals surface area contributed by atoms with Crippen molar-refractivity contribution >= 4 is 10.0 Å². The topological polar surface area (TPSA) is 46.2 Å². The smallest absolute Gasteiger partial charge is 0.209 e. The van der Waals surface area contributed by atoms with Crippen molar-refractivity contribution in [2.45, 2.75) is 86.1 Å². The summed E-state index contributed by atoms with van der Waals surface area (Å²) in [6.07, 6.45) is 10.6. The molecule has 0 unspecified atom stereocenters. The molecule has 0 aromatic rings. The van der Waals surface area contributed by atoms with Crippen molar-refractivity contribution < 1.29 is 9.84 Å². The molecule has 0 aliphatic carbocycles. The van der Waals surface area contributed by atoms with Gasteiger partial charge in [-0.05, 0) is 33.1 Å². The number of allylic oxidation sites excluding steroid dienone is 2. The van der Waals surface area contributed by atoms with Crippen molar-refractivity contribution in [3.05, 3.63) is 12.2 Å². The minimum Gasteiger partial charge on any atom is -0.213 e. The van der Waals surface area contributed by atoms with Crippen LogP contribution in [0.1, 0.15) is 82.0 Å². The second kappa shape index (κ2) is 15.0. The molecule has 0 atom stereocenters. The molecule has 0 bridgehead atoms. The normalized spacial score (nSPS) is 11.4. The highest BCUT2D eigenvalue weighted by atomic mass is 32.2. The van der Waals surface area contributed by atoms with Crippen molar-refractivity contribution in [1.29, 1.82) is 0 Å². The third-order valence-electron chi connectivity index (χ3n) is 1.80. The standard InChI is InChI=1S/C10H21NO2S.2C3H8.H2/c1-5-6-7-8-9-10(2,3)11-14(4,12)13;2*1-3-2;/h6-7,11H,5,8-9H2,1-4H3;2*3H2,1-2H3;1H/b7-6+;;;. The van der Waals surface area contributed by atoms with Gasteiger partial charge >= 0.3 is 0 Å². The number of rotatable bonds is 6. The molecule has 0 aliphatic heterocycles. The maximum Gasteiger partial charge on any atom is 0.209 e. The van der Waals surface area contributed by atoms with Gasteiger partial charge in [-0.15, -0.1) is 0 Å². The van der Waals surface area contributed by atoms with Gasteiger partial charge in [-0.25, -0.2) is 13.1 Å². The Bertz CT molecular complexity index is 310. The molecule has 0 aliphatic rings. The fourth-order valence-electron chi connectivity index (χ4n) is 1.28. The van der Waals surface area contributed by atoms with E-state index in [-0.39, 0.29) is 6.97 Å². The average Bonchev–Trinajstić information content (AvgIpc) is 2.23. The Morgan fingerprint density at radius 3 is 1.70 bits per heavy atom. The first-order valence-corrected chi connectivity index (χ1v) is 9.63. The van der Waals surface area contributed by atoms with Crippen LogP contribution in [-0.2, 0) is 10.0 Å². The second-order valence-corrected chi connectivity index (χ2v) is 7.34. The average molecular weight is 310 g/mol. The van der Waals surface area contributed by atoms with Crippen LogP contribution in [0.5, 0.6) is 0 Å². The van der Waals surface area contributed by atoms with E-state index in [9.17, 15) is 8.42 Å². The van der Waals surface area contributed by atoms with Crippen molar-refractivity contribution in [3.63, 3.8) is 0 Å². The van der Waals surface area contributed by atoms with Crippen molar-refractivity contribution in [3.8, 4) is 0 Å². The van der Waals surface area contributed by atoms with Gasteiger partial charge < -0.3 is 0 Å². The number of nitrogens with one attached hydrogen (secondary N) is 1. The van der Waals surface area contributed by atoms with E-state index in [0.717, 1.165) is 19.3 Å². The SMILES string of the molecule is CC/C=C/CCC(C)(C)NS(C)(=O)=O.CCC.CCC.[HH]. The molecule has 3 nitrogen and oxygen atoms in total. The molecule has 0 saturated carbocycles. The van der Waals surface area contributed by atoms with Crippen LogP contribution in [0.15, 0.2) is 12.2 Å². The van der Waals surface area contributed by atoms with Crippen LogP contribution in [0.2, 0.25) is 0 Å². The van der Waals surface area contributed by atoms with E-state index < -0.39 is 10.0 Å². The zero-order valence-corrected chi connectivity index (χ0v) is 15.7. The Labute approximate surface area is 129 Å². The van der Waals surface area contributed by atoms with E-state index in [4.69, 9.17) is 0 Å². The van der Waals surface area contributed by atoms with Crippen LogP contribution in [0.4, 0.5) is 0 Å². The van der Waals surface area contributed by atoms with Crippen LogP contribution in [0.3, 0.4) is 0 Å². The molecule has 0 fully saturated rings. The Balaban J connectivity index is -0.000000177. The monoisotopic (exact) mass is 309 g/mol. The van der Waals surface area contributed by atoms with Crippen molar-refractivity contribution in [1.82, 2.24) is 4.72 Å². The highest BCUT2D eigenvalue weighted by molar-refractivity contribution is 7.88. The van der Waals surface area contributed by atoms with Gasteiger partial charge in [0.15, 0.2) is 0 Å². The zero-order valence-electron chi connectivity index (χ0n) is 14.9. The van der Waals surface area contributed by atoms with Crippen LogP contribution < -0.4 is 4.72 Å². The van der Waals surface area contributed by atoms with Gasteiger partial charge in [-0.3, -0.25) is 0 Å². The third kappa shape index (κ3) is 30.6. The Morgan fingerprint density at radius 2 is 1.40 bits per heavy atom. The fraction of sp³-hybridized carbons (Fsp3) is 0.875. The fourth-order valence-corrected chi connectivity index (χ4v) is 2.39. The third-order valence-corrected chi connectivity index (χ3v) is 2.72. The molecule has 126 valence electrons. The van der Waals surface area contributed by atoms with E-state index in [1.54, 1.807) is 0 Å². The molecule has 0 radical (unpaired) electrons. The Kier molecular flexibility index (Phi) is 18.5. The lowest BCUT2D eigenvalue weighted by atomic mass is 10.00. The Morgan fingerprint density at radius 1 is 1.00 bits per heavy atom. The lowest BCUT2D eigenvalue weighted by Gasteiger charge is -2.24. The largest absolute Gasteiger partial charge is 0.213 e. The minimum atomic E-state index is -3.10. The van der Waals surface area contributed by atoms with Crippen LogP contribution >= 0.6 is 0 Å². The number of hydrogen-bond donors (Lipinski definition) is 1. The molecule has 0 heterocycles. The summed E-state index contributed by atoms with van der Waals surface area (Å²) in [6, 6.07) is 0. The number of hydrogen-bond acceptors (Lipinski definition) is 2. The molecule has 0 rings (SSSR count). The van der Waals surface area contributed by atoms with Gasteiger partial charge in [0.2, 0.25) is 10.0 Å². The van der Waals surface area contributed by atoms with Crippen molar-refractivity contribution in [2.75, 3.05) is 6.26 Å². The first kappa shape index (κ1) is 24.7. The van der Waals surface area contributed by atoms with Crippen LogP contribution in [0.25, 0.3) is 0 Å². The summed E-state index contributed by atoms with van der Waals surface area (Å²) in [7, 11) is -3.10. The molecule has 4 heteroatoms. The van der Waals surface area contributed by atoms with Gasteiger partial charge in [-0.2, -0.15) is 0 Å². The maximum atomic E-state index is 11.0. The van der Waals surface area contributed by atoms with Gasteiger partial charge in [-0.1, -0.05) is 59.6 Å². The molecule has 0 amide bonds. The summed E-state index contributed by atoms with van der Waals surface area (Å²) >= 11 is 0. The molecular weight excluding hydrogens is 270 g/mol. The molecule has 0 spiro atoms.